The van der Waals surface area contributed by atoms with Crippen molar-refractivity contribution in [3.63, 3.8) is 0 Å². The van der Waals surface area contributed by atoms with Crippen molar-refractivity contribution in [2.75, 3.05) is 19.8 Å². The van der Waals surface area contributed by atoms with E-state index in [9.17, 15) is 18.0 Å². The van der Waals surface area contributed by atoms with Crippen molar-refractivity contribution < 1.29 is 18.0 Å². The number of nitrogens with two attached hydrogens (primary N) is 1. The number of carbonyl (C=O) groups is 2. The van der Waals surface area contributed by atoms with Gasteiger partial charge < -0.3 is 21.3 Å². The van der Waals surface area contributed by atoms with Gasteiger partial charge in [-0.3, -0.25) is 9.59 Å². The molecule has 4 N–H and O–H groups in total. The maximum absolute atomic E-state index is 13.6. The predicted molar refractivity (Wildman–Crippen MR) is 122 cm³/mol. The number of sulfone groups is 1. The van der Waals surface area contributed by atoms with Crippen LogP contribution in [0.15, 0.2) is 30.3 Å². The molecule has 0 radical (unpaired) electrons. The molecule has 0 spiro atoms. The maximum Gasteiger partial charge on any atom is 0.245 e. The molecule has 1 aliphatic heterocycles. The van der Waals surface area contributed by atoms with Gasteiger partial charge in [0, 0.05) is 12.8 Å². The number of benzene rings is 1. The number of likely N-dealkylation sites (N-methyl/N-ethyl adjacent to an activating group) is 1. The van der Waals surface area contributed by atoms with Crippen molar-refractivity contribution in [3.05, 3.63) is 35.9 Å². The Bertz CT molecular complexity index is 871. The van der Waals surface area contributed by atoms with Gasteiger partial charge in [0.2, 0.25) is 11.8 Å². The largest absolute Gasteiger partial charge is 0.343 e. The average molecular weight is 453 g/mol. The van der Waals surface area contributed by atoms with Gasteiger partial charge in [-0.2, -0.15) is 0 Å². The Morgan fingerprint density at radius 2 is 1.87 bits per heavy atom. The zero-order valence-electron chi connectivity index (χ0n) is 19.1. The molecule has 174 valence electrons. The molecular formula is C22H36N4O4S. The molecule has 1 aliphatic rings. The predicted octanol–water partition coefficient (Wildman–Crippen LogP) is 0.973. The first-order valence-corrected chi connectivity index (χ1v) is 12.7. The fourth-order valence-electron chi connectivity index (χ4n) is 4.30. The lowest BCUT2D eigenvalue weighted by Crippen LogP contribution is -2.62. The van der Waals surface area contributed by atoms with Crippen molar-refractivity contribution >= 4 is 21.7 Å². The second kappa shape index (κ2) is 10.1. The van der Waals surface area contributed by atoms with Crippen LogP contribution >= 0.6 is 0 Å². The van der Waals surface area contributed by atoms with Crippen LogP contribution < -0.4 is 16.4 Å². The molecule has 2 rings (SSSR count). The van der Waals surface area contributed by atoms with Crippen molar-refractivity contribution in [1.82, 2.24) is 15.5 Å². The number of hydrogen-bond acceptors (Lipinski definition) is 6. The molecule has 1 fully saturated rings. The summed E-state index contributed by atoms with van der Waals surface area (Å²) >= 11 is 0. The second-order valence-corrected chi connectivity index (χ2v) is 10.8. The number of nitrogens with one attached hydrogen (secondary N) is 2. The van der Waals surface area contributed by atoms with E-state index in [4.69, 9.17) is 5.73 Å². The molecule has 1 heterocycles. The lowest BCUT2D eigenvalue weighted by Gasteiger charge is -2.40. The molecule has 0 aromatic heterocycles. The summed E-state index contributed by atoms with van der Waals surface area (Å²) in [5, 5.41) is 5.81. The molecule has 31 heavy (non-hydrogen) atoms. The third-order valence-corrected chi connectivity index (χ3v) is 7.91. The standard InChI is InChI=1S/C22H36N4O4S/c1-6-17(24-4)20(27)25-19(15(2)3)21(28)26-14-10-13-18(26)22(23,31(5,29)30)16-11-8-7-9-12-16/h7-9,11-12,15,17-19,24H,6,10,13-14,23H2,1-5H3,(H,25,27)/t17-,18?,19-,22-/m0/s1. The highest BCUT2D eigenvalue weighted by Gasteiger charge is 2.52. The molecule has 0 aliphatic carbocycles. The van der Waals surface area contributed by atoms with Gasteiger partial charge >= 0.3 is 0 Å². The summed E-state index contributed by atoms with van der Waals surface area (Å²) in [5.41, 5.74) is 7.07. The Hall–Kier alpha value is -1.97. The van der Waals surface area contributed by atoms with Crippen LogP contribution in [0.3, 0.4) is 0 Å². The highest BCUT2D eigenvalue weighted by atomic mass is 32.2. The summed E-state index contributed by atoms with van der Waals surface area (Å²) < 4.78 is 25.8. The zero-order valence-corrected chi connectivity index (χ0v) is 19.9. The molecular weight excluding hydrogens is 416 g/mol. The van der Waals surface area contributed by atoms with Gasteiger partial charge in [-0.1, -0.05) is 51.1 Å². The first-order valence-electron chi connectivity index (χ1n) is 10.8. The van der Waals surface area contributed by atoms with Crippen LogP contribution in [0.2, 0.25) is 0 Å². The summed E-state index contributed by atoms with van der Waals surface area (Å²) in [7, 11) is -2.07. The quantitative estimate of drug-likeness (QED) is 0.513. The number of rotatable bonds is 9. The minimum Gasteiger partial charge on any atom is -0.343 e. The minimum absolute atomic E-state index is 0.172. The number of amides is 2. The molecule has 2 amide bonds. The van der Waals surface area contributed by atoms with E-state index >= 15 is 0 Å². The summed E-state index contributed by atoms with van der Waals surface area (Å²) in [6.45, 7) is 6.00. The van der Waals surface area contributed by atoms with Gasteiger partial charge in [0.15, 0.2) is 14.7 Å². The van der Waals surface area contributed by atoms with Crippen LogP contribution in [0.25, 0.3) is 0 Å². The Balaban J connectivity index is 2.41. The van der Waals surface area contributed by atoms with Gasteiger partial charge in [0.05, 0.1) is 12.1 Å². The van der Waals surface area contributed by atoms with Crippen LogP contribution in [-0.2, 0) is 24.3 Å². The van der Waals surface area contributed by atoms with E-state index in [0.717, 1.165) is 6.26 Å². The first kappa shape index (κ1) is 25.3. The molecule has 9 heteroatoms. The molecule has 1 aromatic carbocycles. The Kier molecular flexibility index (Phi) is 8.24. The lowest BCUT2D eigenvalue weighted by molar-refractivity contribution is -0.139. The van der Waals surface area contributed by atoms with E-state index in [-0.39, 0.29) is 17.7 Å². The molecule has 4 atom stereocenters. The normalized spacial score (nSPS) is 20.9. The van der Waals surface area contributed by atoms with E-state index in [0.29, 0.717) is 31.4 Å². The minimum atomic E-state index is -3.77. The van der Waals surface area contributed by atoms with E-state index < -0.39 is 32.8 Å². The van der Waals surface area contributed by atoms with Gasteiger partial charge in [-0.05, 0) is 37.8 Å². The summed E-state index contributed by atoms with van der Waals surface area (Å²) in [6, 6.07) is 6.74. The molecule has 0 saturated carbocycles. The average Bonchev–Trinajstić information content (AvgIpc) is 3.21. The summed E-state index contributed by atoms with van der Waals surface area (Å²) in [6.07, 6.45) is 2.81. The number of carbonyl (C=O) groups excluding carboxylic acids is 2. The lowest BCUT2D eigenvalue weighted by atomic mass is 9.95. The monoisotopic (exact) mass is 452 g/mol. The molecule has 1 aromatic rings. The summed E-state index contributed by atoms with van der Waals surface area (Å²) in [5.74, 6) is -0.724. The van der Waals surface area contributed by atoms with E-state index in [2.05, 4.69) is 10.6 Å². The third-order valence-electron chi connectivity index (χ3n) is 6.17. The highest BCUT2D eigenvalue weighted by Crippen LogP contribution is 2.37. The highest BCUT2D eigenvalue weighted by molar-refractivity contribution is 7.91. The Labute approximate surface area is 185 Å². The van der Waals surface area contributed by atoms with Crippen LogP contribution in [0, 0.1) is 5.92 Å². The summed E-state index contributed by atoms with van der Waals surface area (Å²) in [4.78, 5) is 26.0. The van der Waals surface area contributed by atoms with Crippen molar-refractivity contribution in [3.8, 4) is 0 Å². The number of likely N-dealkylation sites (tertiary alicyclic amines) is 1. The van der Waals surface area contributed by atoms with Gasteiger partial charge in [0.1, 0.15) is 6.04 Å². The zero-order chi connectivity index (χ0) is 23.4. The van der Waals surface area contributed by atoms with Crippen LogP contribution in [0.4, 0.5) is 0 Å². The SMILES string of the molecule is CC[C@H](NC)C(=O)N[C@H](C(=O)N1CCCC1[C@](N)(c1ccccc1)S(C)(=O)=O)C(C)C. The Morgan fingerprint density at radius 3 is 2.35 bits per heavy atom. The number of hydrogen-bond donors (Lipinski definition) is 3. The van der Waals surface area contributed by atoms with Crippen LogP contribution in [-0.4, -0.2) is 63.1 Å². The van der Waals surface area contributed by atoms with E-state index in [1.54, 1.807) is 42.3 Å². The smallest absolute Gasteiger partial charge is 0.245 e. The Morgan fingerprint density at radius 1 is 1.26 bits per heavy atom. The molecule has 8 nitrogen and oxygen atoms in total. The van der Waals surface area contributed by atoms with Crippen molar-refractivity contribution in [1.29, 1.82) is 0 Å². The van der Waals surface area contributed by atoms with Gasteiger partial charge in [0.25, 0.3) is 0 Å². The first-order chi connectivity index (χ1) is 14.5. The van der Waals surface area contributed by atoms with Crippen molar-refractivity contribution in [2.45, 2.75) is 63.0 Å². The van der Waals surface area contributed by atoms with Crippen LogP contribution in [0.5, 0.6) is 0 Å². The fourth-order valence-corrected chi connectivity index (χ4v) is 5.60. The molecule has 1 saturated heterocycles. The van der Waals surface area contributed by atoms with E-state index in [1.165, 1.54) is 0 Å². The van der Waals surface area contributed by atoms with Gasteiger partial charge in [-0.15, -0.1) is 0 Å². The second-order valence-electron chi connectivity index (χ2n) is 8.60. The fraction of sp³-hybridized carbons (Fsp3) is 0.636. The third kappa shape index (κ3) is 5.10. The van der Waals surface area contributed by atoms with E-state index in [1.807, 2.05) is 20.8 Å². The van der Waals surface area contributed by atoms with Crippen LogP contribution in [0.1, 0.15) is 45.6 Å². The topological polar surface area (TPSA) is 122 Å². The maximum atomic E-state index is 13.6. The molecule has 1 unspecified atom stereocenters. The number of nitrogens with zero attached hydrogens (tertiary/aromatic N) is 1. The van der Waals surface area contributed by atoms with Gasteiger partial charge in [-0.25, -0.2) is 8.42 Å². The molecule has 0 bridgehead atoms. The van der Waals surface area contributed by atoms with Crippen molar-refractivity contribution in [2.24, 2.45) is 11.7 Å².